The molecule has 0 amide bonds. The Morgan fingerprint density at radius 2 is 2.39 bits per heavy atom. The van der Waals surface area contributed by atoms with E-state index in [0.717, 1.165) is 24.4 Å². The van der Waals surface area contributed by atoms with Crippen LogP contribution in [0, 0.1) is 0 Å². The van der Waals surface area contributed by atoms with Gasteiger partial charge in [-0.25, -0.2) is 0 Å². The summed E-state index contributed by atoms with van der Waals surface area (Å²) in [7, 11) is 1.74. The Morgan fingerprint density at radius 3 is 3.22 bits per heavy atom. The molecule has 0 bridgehead atoms. The van der Waals surface area contributed by atoms with Crippen LogP contribution in [0.3, 0.4) is 0 Å². The molecule has 1 aliphatic rings. The maximum atomic E-state index is 5.76. The molecule has 1 N–H and O–H groups in total. The molecule has 1 aromatic carbocycles. The molecule has 1 aliphatic heterocycles. The third kappa shape index (κ3) is 2.13. The van der Waals surface area contributed by atoms with Gasteiger partial charge in [-0.15, -0.1) is 10.2 Å². The molecule has 0 radical (unpaired) electrons. The molecule has 0 spiro atoms. The van der Waals surface area contributed by atoms with Crippen LogP contribution in [-0.2, 0) is 20.1 Å². The Hall–Kier alpha value is -2.11. The van der Waals surface area contributed by atoms with Crippen molar-refractivity contribution >= 4 is 5.69 Å². The van der Waals surface area contributed by atoms with Gasteiger partial charge in [0.1, 0.15) is 5.75 Å². The van der Waals surface area contributed by atoms with Gasteiger partial charge in [0.05, 0.1) is 12.7 Å². The van der Waals surface area contributed by atoms with Crippen LogP contribution in [0.1, 0.15) is 17.8 Å². The summed E-state index contributed by atoms with van der Waals surface area (Å²) in [6.45, 7) is 1.34. The zero-order chi connectivity index (χ0) is 12.4. The predicted octanol–water partition coefficient (Wildman–Crippen LogP) is 1.15. The summed E-state index contributed by atoms with van der Waals surface area (Å²) in [5.41, 5.74) is 2.42. The average Bonchev–Trinajstić information content (AvgIpc) is 2.82. The van der Waals surface area contributed by atoms with Crippen LogP contribution >= 0.6 is 0 Å². The van der Waals surface area contributed by atoms with Crippen molar-refractivity contribution in [3.05, 3.63) is 29.6 Å². The smallest absolute Gasteiger partial charge is 0.212 e. The van der Waals surface area contributed by atoms with Crippen LogP contribution in [0.5, 0.6) is 5.75 Å². The maximum Gasteiger partial charge on any atom is 0.212 e. The molecule has 1 aromatic heterocycles. The number of aromatic nitrogens is 4. The van der Waals surface area contributed by atoms with Crippen LogP contribution in [0.2, 0.25) is 0 Å². The lowest BCUT2D eigenvalue weighted by Crippen LogP contribution is -2.13. The summed E-state index contributed by atoms with van der Waals surface area (Å²) >= 11 is 0. The van der Waals surface area contributed by atoms with Crippen molar-refractivity contribution in [1.82, 2.24) is 20.2 Å². The number of tetrazole rings is 1. The van der Waals surface area contributed by atoms with Crippen LogP contribution in [0.15, 0.2) is 18.2 Å². The van der Waals surface area contributed by atoms with Crippen LogP contribution < -0.4 is 10.1 Å². The van der Waals surface area contributed by atoms with E-state index < -0.39 is 0 Å². The number of hydrogen-bond donors (Lipinski definition) is 1. The van der Waals surface area contributed by atoms with E-state index in [0.29, 0.717) is 12.4 Å². The topological polar surface area (TPSA) is 64.9 Å². The van der Waals surface area contributed by atoms with E-state index in [2.05, 4.69) is 26.8 Å². The first-order valence-corrected chi connectivity index (χ1v) is 6.04. The highest BCUT2D eigenvalue weighted by Crippen LogP contribution is 2.32. The van der Waals surface area contributed by atoms with E-state index in [9.17, 15) is 0 Å². The minimum absolute atomic E-state index is 0.339. The number of hydrogen-bond acceptors (Lipinski definition) is 5. The Kier molecular flexibility index (Phi) is 2.84. The zero-order valence-electron chi connectivity index (χ0n) is 10.3. The summed E-state index contributed by atoms with van der Waals surface area (Å²) in [4.78, 5) is 1.43. The predicted molar refractivity (Wildman–Crippen MR) is 66.4 cm³/mol. The highest BCUT2D eigenvalue weighted by Gasteiger charge is 2.13. The van der Waals surface area contributed by atoms with E-state index in [4.69, 9.17) is 4.74 Å². The fourth-order valence-electron chi connectivity index (χ4n) is 2.12. The third-order valence-corrected chi connectivity index (χ3v) is 2.94. The molecule has 2 aromatic rings. The van der Waals surface area contributed by atoms with Crippen molar-refractivity contribution in [3.63, 3.8) is 0 Å². The van der Waals surface area contributed by atoms with E-state index in [1.54, 1.807) is 7.05 Å². The summed E-state index contributed by atoms with van der Waals surface area (Å²) in [6.07, 6.45) is 2.27. The number of aryl methyl sites for hydroxylation is 2. The van der Waals surface area contributed by atoms with E-state index in [1.165, 1.54) is 16.8 Å². The van der Waals surface area contributed by atoms with E-state index >= 15 is 0 Å². The Balaban J connectivity index is 1.76. The van der Waals surface area contributed by atoms with Crippen molar-refractivity contribution in [2.24, 2.45) is 7.05 Å². The quantitative estimate of drug-likeness (QED) is 0.878. The standard InChI is InChI=1S/C12H15N5O/c1-17-15-11(14-16-17)8-18-10-6-2-4-9-5-3-7-13-12(9)10/h2,4,6,13H,3,5,7-8H2,1H3. The first-order chi connectivity index (χ1) is 8.83. The molecule has 6 heteroatoms. The van der Waals surface area contributed by atoms with Crippen LogP contribution in [-0.4, -0.2) is 26.8 Å². The average molecular weight is 245 g/mol. The highest BCUT2D eigenvalue weighted by atomic mass is 16.5. The zero-order valence-corrected chi connectivity index (χ0v) is 10.3. The minimum Gasteiger partial charge on any atom is -0.483 e. The fraction of sp³-hybridized carbons (Fsp3) is 0.417. The Bertz CT molecular complexity index is 551. The van der Waals surface area contributed by atoms with Crippen LogP contribution in [0.4, 0.5) is 5.69 Å². The van der Waals surface area contributed by atoms with E-state index in [1.807, 2.05) is 12.1 Å². The second-order valence-electron chi connectivity index (χ2n) is 4.30. The number of rotatable bonds is 3. The first-order valence-electron chi connectivity index (χ1n) is 6.04. The number of nitrogens with zero attached hydrogens (tertiary/aromatic N) is 4. The number of nitrogens with one attached hydrogen (secondary N) is 1. The number of anilines is 1. The van der Waals surface area contributed by atoms with Gasteiger partial charge in [-0.2, -0.15) is 4.80 Å². The molecule has 6 nitrogen and oxygen atoms in total. The minimum atomic E-state index is 0.339. The fourth-order valence-corrected chi connectivity index (χ4v) is 2.12. The number of para-hydroxylation sites is 1. The van der Waals surface area contributed by atoms with Gasteiger partial charge in [-0.1, -0.05) is 12.1 Å². The number of benzene rings is 1. The molecule has 0 saturated heterocycles. The third-order valence-electron chi connectivity index (χ3n) is 2.94. The maximum absolute atomic E-state index is 5.76. The molecule has 2 heterocycles. The van der Waals surface area contributed by atoms with Crippen LogP contribution in [0.25, 0.3) is 0 Å². The largest absolute Gasteiger partial charge is 0.483 e. The molecule has 94 valence electrons. The second kappa shape index (κ2) is 4.64. The first kappa shape index (κ1) is 11.0. The number of ether oxygens (including phenoxy) is 1. The molecule has 0 aliphatic carbocycles. The lowest BCUT2D eigenvalue weighted by Gasteiger charge is -2.20. The van der Waals surface area contributed by atoms with Gasteiger partial charge >= 0.3 is 0 Å². The second-order valence-corrected chi connectivity index (χ2v) is 4.30. The lowest BCUT2D eigenvalue weighted by molar-refractivity contribution is 0.296. The summed E-state index contributed by atoms with van der Waals surface area (Å²) in [5.74, 6) is 1.45. The van der Waals surface area contributed by atoms with E-state index in [-0.39, 0.29) is 0 Å². The molecular formula is C12H15N5O. The molecule has 18 heavy (non-hydrogen) atoms. The monoisotopic (exact) mass is 245 g/mol. The number of fused-ring (bicyclic) bond motifs is 1. The Labute approximate surface area is 105 Å². The SMILES string of the molecule is Cn1nnc(COc2cccc3c2NCCC3)n1. The molecule has 3 rings (SSSR count). The van der Waals surface area contributed by atoms with Crippen molar-refractivity contribution in [2.75, 3.05) is 11.9 Å². The van der Waals surface area contributed by atoms with Gasteiger partial charge in [-0.05, 0) is 29.7 Å². The van der Waals surface area contributed by atoms with Crippen molar-refractivity contribution in [2.45, 2.75) is 19.4 Å². The summed E-state index contributed by atoms with van der Waals surface area (Å²) in [5, 5.41) is 15.1. The van der Waals surface area contributed by atoms with Gasteiger partial charge in [0.25, 0.3) is 0 Å². The van der Waals surface area contributed by atoms with Gasteiger partial charge in [0.2, 0.25) is 5.82 Å². The van der Waals surface area contributed by atoms with Gasteiger partial charge < -0.3 is 10.1 Å². The van der Waals surface area contributed by atoms with Crippen molar-refractivity contribution in [3.8, 4) is 5.75 Å². The molecule has 0 saturated carbocycles. The highest BCUT2D eigenvalue weighted by molar-refractivity contribution is 5.63. The molecular weight excluding hydrogens is 230 g/mol. The molecule has 0 unspecified atom stereocenters. The van der Waals surface area contributed by atoms with Gasteiger partial charge in [-0.3, -0.25) is 0 Å². The summed E-state index contributed by atoms with van der Waals surface area (Å²) in [6, 6.07) is 6.12. The van der Waals surface area contributed by atoms with Gasteiger partial charge in [0.15, 0.2) is 6.61 Å². The molecule has 0 atom stereocenters. The van der Waals surface area contributed by atoms with Gasteiger partial charge in [0, 0.05) is 6.54 Å². The normalized spacial score (nSPS) is 13.8. The van der Waals surface area contributed by atoms with Crippen molar-refractivity contribution < 1.29 is 4.74 Å². The Morgan fingerprint density at radius 1 is 1.44 bits per heavy atom. The molecule has 0 fully saturated rings. The van der Waals surface area contributed by atoms with Crippen molar-refractivity contribution in [1.29, 1.82) is 0 Å². The summed E-state index contributed by atoms with van der Waals surface area (Å²) < 4.78 is 5.76. The lowest BCUT2D eigenvalue weighted by atomic mass is 10.0.